The maximum absolute atomic E-state index is 12.2. The Morgan fingerprint density at radius 3 is 2.52 bits per heavy atom. The number of halogens is 1. The van der Waals surface area contributed by atoms with Crippen LogP contribution in [0.3, 0.4) is 0 Å². The number of carbonyl (C=O) groups is 2. The minimum absolute atomic E-state index is 0.117. The molecule has 2 aromatic carbocycles. The summed E-state index contributed by atoms with van der Waals surface area (Å²) in [5.74, 6) is -0.311. The third kappa shape index (κ3) is 5.66. The normalized spacial score (nSPS) is 10.3. The van der Waals surface area contributed by atoms with Crippen LogP contribution in [0, 0.1) is 0 Å². The highest BCUT2D eigenvalue weighted by molar-refractivity contribution is 6.30. The number of amides is 2. The number of carbonyl (C=O) groups excluding carboxylic acids is 2. The Hall–Kier alpha value is -3.18. The summed E-state index contributed by atoms with van der Waals surface area (Å²) in [5, 5.41) is 6.35. The molecule has 1 aromatic heterocycles. The average molecular weight is 380 g/mol. The molecule has 0 unspecified atom stereocenters. The van der Waals surface area contributed by atoms with Crippen LogP contribution < -0.4 is 10.6 Å². The Kier molecular flexibility index (Phi) is 6.18. The number of pyridine rings is 1. The molecule has 5 nitrogen and oxygen atoms in total. The van der Waals surface area contributed by atoms with Crippen LogP contribution in [0.4, 0.5) is 5.69 Å². The van der Waals surface area contributed by atoms with Crippen molar-refractivity contribution in [3.05, 3.63) is 94.8 Å². The van der Waals surface area contributed by atoms with E-state index >= 15 is 0 Å². The van der Waals surface area contributed by atoms with E-state index < -0.39 is 0 Å². The van der Waals surface area contributed by atoms with Gasteiger partial charge >= 0.3 is 0 Å². The standard InChI is InChI=1S/C21H18ClN3O2/c22-18-8-6-15(7-9-18)12-20(26)25-19-5-1-3-16(11-19)13-24-21(27)17-4-2-10-23-14-17/h1-11,14H,12-13H2,(H,24,27)(H,25,26). The molecule has 27 heavy (non-hydrogen) atoms. The zero-order chi connectivity index (χ0) is 19.1. The van der Waals surface area contributed by atoms with Gasteiger partial charge in [0.25, 0.3) is 5.91 Å². The van der Waals surface area contributed by atoms with Crippen LogP contribution in [0.25, 0.3) is 0 Å². The zero-order valence-electron chi connectivity index (χ0n) is 14.5. The molecule has 0 saturated heterocycles. The van der Waals surface area contributed by atoms with Gasteiger partial charge < -0.3 is 10.6 Å². The lowest BCUT2D eigenvalue weighted by molar-refractivity contribution is -0.115. The number of nitrogens with zero attached hydrogens (tertiary/aromatic N) is 1. The number of hydrogen-bond donors (Lipinski definition) is 2. The largest absolute Gasteiger partial charge is 0.348 e. The fourth-order valence-corrected chi connectivity index (χ4v) is 2.66. The van der Waals surface area contributed by atoms with Gasteiger partial charge in [-0.05, 0) is 47.5 Å². The van der Waals surface area contributed by atoms with Crippen LogP contribution >= 0.6 is 11.6 Å². The van der Waals surface area contributed by atoms with E-state index in [-0.39, 0.29) is 18.2 Å². The Bertz CT molecular complexity index is 928. The summed E-state index contributed by atoms with van der Waals surface area (Å²) in [6.45, 7) is 0.356. The first-order valence-electron chi connectivity index (χ1n) is 8.41. The van der Waals surface area contributed by atoms with Gasteiger partial charge in [-0.15, -0.1) is 0 Å². The Morgan fingerprint density at radius 2 is 1.78 bits per heavy atom. The van der Waals surface area contributed by atoms with Crippen molar-refractivity contribution < 1.29 is 9.59 Å². The first-order valence-corrected chi connectivity index (χ1v) is 8.79. The van der Waals surface area contributed by atoms with Crippen LogP contribution in [-0.2, 0) is 17.8 Å². The Morgan fingerprint density at radius 1 is 0.963 bits per heavy atom. The van der Waals surface area contributed by atoms with Crippen molar-refractivity contribution in [2.75, 3.05) is 5.32 Å². The van der Waals surface area contributed by atoms with E-state index in [2.05, 4.69) is 15.6 Å². The fraction of sp³-hybridized carbons (Fsp3) is 0.0952. The third-order valence-corrected chi connectivity index (χ3v) is 4.12. The van der Waals surface area contributed by atoms with E-state index in [0.717, 1.165) is 11.1 Å². The molecule has 0 bridgehead atoms. The summed E-state index contributed by atoms with van der Waals surface area (Å²) in [4.78, 5) is 28.2. The number of hydrogen-bond acceptors (Lipinski definition) is 3. The van der Waals surface area contributed by atoms with Crippen molar-refractivity contribution >= 4 is 29.1 Å². The van der Waals surface area contributed by atoms with Crippen LogP contribution in [-0.4, -0.2) is 16.8 Å². The van der Waals surface area contributed by atoms with Crippen LogP contribution in [0.1, 0.15) is 21.5 Å². The van der Waals surface area contributed by atoms with Crippen molar-refractivity contribution in [3.63, 3.8) is 0 Å². The summed E-state index contributed by atoms with van der Waals surface area (Å²) in [6, 6.07) is 18.0. The minimum Gasteiger partial charge on any atom is -0.348 e. The maximum atomic E-state index is 12.2. The highest BCUT2D eigenvalue weighted by Gasteiger charge is 2.07. The molecule has 2 amide bonds. The Labute approximate surface area is 162 Å². The predicted molar refractivity (Wildman–Crippen MR) is 106 cm³/mol. The monoisotopic (exact) mass is 379 g/mol. The van der Waals surface area contributed by atoms with Gasteiger partial charge in [0.1, 0.15) is 0 Å². The first kappa shape index (κ1) is 18.6. The fourth-order valence-electron chi connectivity index (χ4n) is 2.53. The topological polar surface area (TPSA) is 71.1 Å². The lowest BCUT2D eigenvalue weighted by atomic mass is 10.1. The molecule has 0 aliphatic heterocycles. The highest BCUT2D eigenvalue weighted by atomic mass is 35.5. The molecule has 0 aliphatic rings. The maximum Gasteiger partial charge on any atom is 0.253 e. The number of nitrogens with one attached hydrogen (secondary N) is 2. The second kappa shape index (κ2) is 8.96. The summed E-state index contributed by atoms with van der Waals surface area (Å²) in [5.41, 5.74) is 2.96. The van der Waals surface area contributed by atoms with Crippen LogP contribution in [0.2, 0.25) is 5.02 Å². The summed E-state index contributed by atoms with van der Waals surface area (Å²) in [7, 11) is 0. The number of aromatic nitrogens is 1. The number of anilines is 1. The molecule has 6 heteroatoms. The first-order chi connectivity index (χ1) is 13.1. The van der Waals surface area contributed by atoms with Crippen molar-refractivity contribution in [2.24, 2.45) is 0 Å². The van der Waals surface area contributed by atoms with Gasteiger partial charge in [-0.25, -0.2) is 0 Å². The predicted octanol–water partition coefficient (Wildman–Crippen LogP) is 3.85. The van der Waals surface area contributed by atoms with Gasteiger partial charge in [0.2, 0.25) is 5.91 Å². The molecule has 0 aliphatic carbocycles. The van der Waals surface area contributed by atoms with Crippen LogP contribution in [0.5, 0.6) is 0 Å². The summed E-state index contributed by atoms with van der Waals surface area (Å²) >= 11 is 5.85. The van der Waals surface area contributed by atoms with Crippen molar-refractivity contribution in [1.29, 1.82) is 0 Å². The van der Waals surface area contributed by atoms with Gasteiger partial charge in [-0.3, -0.25) is 14.6 Å². The van der Waals surface area contributed by atoms with Gasteiger partial charge in [0, 0.05) is 29.6 Å². The molecule has 0 fully saturated rings. The molecule has 0 saturated carbocycles. The number of benzene rings is 2. The molecule has 2 N–H and O–H groups in total. The highest BCUT2D eigenvalue weighted by Crippen LogP contribution is 2.13. The third-order valence-electron chi connectivity index (χ3n) is 3.87. The molecular weight excluding hydrogens is 362 g/mol. The zero-order valence-corrected chi connectivity index (χ0v) is 15.2. The van der Waals surface area contributed by atoms with Gasteiger partial charge in [-0.2, -0.15) is 0 Å². The lowest BCUT2D eigenvalue weighted by Crippen LogP contribution is -2.23. The van der Waals surface area contributed by atoms with E-state index in [0.29, 0.717) is 22.8 Å². The average Bonchev–Trinajstić information content (AvgIpc) is 2.69. The van der Waals surface area contributed by atoms with Crippen molar-refractivity contribution in [3.8, 4) is 0 Å². The minimum atomic E-state index is -0.194. The molecular formula is C21H18ClN3O2. The molecule has 1 heterocycles. The van der Waals surface area contributed by atoms with E-state index in [1.165, 1.54) is 6.20 Å². The smallest absolute Gasteiger partial charge is 0.253 e. The van der Waals surface area contributed by atoms with Gasteiger partial charge in [0.05, 0.1) is 12.0 Å². The Balaban J connectivity index is 1.56. The molecule has 136 valence electrons. The summed E-state index contributed by atoms with van der Waals surface area (Å²) in [6.07, 6.45) is 3.40. The lowest BCUT2D eigenvalue weighted by Gasteiger charge is -2.09. The van der Waals surface area contributed by atoms with E-state index in [1.807, 2.05) is 36.4 Å². The number of rotatable bonds is 6. The van der Waals surface area contributed by atoms with E-state index in [9.17, 15) is 9.59 Å². The molecule has 3 aromatic rings. The molecule has 3 rings (SSSR count). The quantitative estimate of drug-likeness (QED) is 0.683. The summed E-state index contributed by atoms with van der Waals surface area (Å²) < 4.78 is 0. The van der Waals surface area contributed by atoms with Gasteiger partial charge in [-0.1, -0.05) is 35.9 Å². The van der Waals surface area contributed by atoms with Gasteiger partial charge in [0.15, 0.2) is 0 Å². The van der Waals surface area contributed by atoms with Crippen molar-refractivity contribution in [2.45, 2.75) is 13.0 Å². The van der Waals surface area contributed by atoms with E-state index in [4.69, 9.17) is 11.6 Å². The molecule has 0 spiro atoms. The van der Waals surface area contributed by atoms with E-state index in [1.54, 1.807) is 30.5 Å². The van der Waals surface area contributed by atoms with Crippen LogP contribution in [0.15, 0.2) is 73.1 Å². The second-order valence-corrected chi connectivity index (χ2v) is 6.41. The molecule has 0 radical (unpaired) electrons. The SMILES string of the molecule is O=C(Cc1ccc(Cl)cc1)Nc1cccc(CNC(=O)c2cccnc2)c1. The second-order valence-electron chi connectivity index (χ2n) is 5.98. The molecule has 0 atom stereocenters. The van der Waals surface area contributed by atoms with Crippen molar-refractivity contribution in [1.82, 2.24) is 10.3 Å².